The molecule has 166 valence electrons. The molecule has 7 heteroatoms. The van der Waals surface area contributed by atoms with Crippen LogP contribution in [0.4, 0.5) is 8.78 Å². The molecule has 4 nitrogen and oxygen atoms in total. The number of hydrogen-bond donors (Lipinski definition) is 2. The molecule has 3 rings (SSSR count). The molecule has 5 atom stereocenters. The van der Waals surface area contributed by atoms with Crippen LogP contribution in [0.15, 0.2) is 36.1 Å². The predicted octanol–water partition coefficient (Wildman–Crippen LogP) is 5.31. The molecule has 2 heterocycles. The second-order valence-electron chi connectivity index (χ2n) is 8.24. The van der Waals surface area contributed by atoms with Crippen molar-refractivity contribution in [2.24, 2.45) is 0 Å². The van der Waals surface area contributed by atoms with E-state index in [-0.39, 0.29) is 18.9 Å². The molecule has 0 unspecified atom stereocenters. The van der Waals surface area contributed by atoms with Gasteiger partial charge in [0.25, 0.3) is 0 Å². The van der Waals surface area contributed by atoms with Gasteiger partial charge in [0.1, 0.15) is 12.0 Å². The number of aliphatic hydroxyl groups is 2. The summed E-state index contributed by atoms with van der Waals surface area (Å²) in [5.74, 6) is -0.376. The molecule has 0 spiro atoms. The van der Waals surface area contributed by atoms with E-state index in [1.54, 1.807) is 26.1 Å². The number of ether oxygens (including phenoxy) is 1. The lowest BCUT2D eigenvalue weighted by molar-refractivity contribution is -0.113. The summed E-state index contributed by atoms with van der Waals surface area (Å²) < 4.78 is 37.0. The summed E-state index contributed by atoms with van der Waals surface area (Å²) in [5.41, 5.74) is 2.91. The summed E-state index contributed by atoms with van der Waals surface area (Å²) in [6.45, 7) is 7.65. The average Bonchev–Trinajstić information content (AvgIpc) is 3.09. The largest absolute Gasteiger partial charge is 0.394 e. The SMILES string of the molecule is C=C(C[C@H](F)/C(C)=C\C)Cn1cc([C@H]2C[C@@H](O)C[C@@H](CO)O2)c2c1[C@H](Cl)CC=C2F. The lowest BCUT2D eigenvalue weighted by atomic mass is 9.92. The molecule has 0 amide bonds. The number of fused-ring (bicyclic) bond motifs is 1. The van der Waals surface area contributed by atoms with Gasteiger partial charge in [-0.1, -0.05) is 18.2 Å². The van der Waals surface area contributed by atoms with Crippen LogP contribution in [-0.2, 0) is 11.3 Å². The lowest BCUT2D eigenvalue weighted by Crippen LogP contribution is -2.33. The van der Waals surface area contributed by atoms with E-state index in [1.807, 2.05) is 4.57 Å². The van der Waals surface area contributed by atoms with Gasteiger partial charge in [0, 0.05) is 48.8 Å². The van der Waals surface area contributed by atoms with E-state index in [2.05, 4.69) is 6.58 Å². The molecular formula is C23H30ClF2NO3. The quantitative estimate of drug-likeness (QED) is 0.445. The van der Waals surface area contributed by atoms with Crippen molar-refractivity contribution in [1.82, 2.24) is 4.57 Å². The van der Waals surface area contributed by atoms with Crippen LogP contribution in [0.2, 0.25) is 0 Å². The normalized spacial score (nSPS) is 28.1. The highest BCUT2D eigenvalue weighted by molar-refractivity contribution is 6.21. The first-order chi connectivity index (χ1) is 14.2. The van der Waals surface area contributed by atoms with Crippen LogP contribution in [0, 0.1) is 0 Å². The van der Waals surface area contributed by atoms with E-state index < -0.39 is 29.9 Å². The number of halogens is 3. The van der Waals surface area contributed by atoms with E-state index in [4.69, 9.17) is 16.3 Å². The molecule has 1 aromatic rings. The number of allylic oxidation sites excluding steroid dienone is 4. The standard InChI is InChI=1S/C23H30ClF2NO3/c1-4-14(3)20(26)7-13(2)10-27-11-17(21-9-15(29)8-16(12-28)30-21)22-19(25)6-5-18(24)23(22)27/h4,6,11,15-16,18,20-21,28-29H,2,5,7-10,12H2,1,3H3/b14-4-/t15-,16-,18+,20-,21+/m0/s1. The second kappa shape index (κ2) is 9.77. The highest BCUT2D eigenvalue weighted by Gasteiger charge is 2.36. The molecule has 2 N–H and O–H groups in total. The van der Waals surface area contributed by atoms with Gasteiger partial charge in [-0.15, -0.1) is 11.6 Å². The Balaban J connectivity index is 1.92. The van der Waals surface area contributed by atoms with Crippen molar-refractivity contribution >= 4 is 17.4 Å². The zero-order valence-corrected chi connectivity index (χ0v) is 18.2. The van der Waals surface area contributed by atoms with E-state index >= 15 is 0 Å². The average molecular weight is 442 g/mol. The van der Waals surface area contributed by atoms with Crippen molar-refractivity contribution in [1.29, 1.82) is 0 Å². The molecule has 30 heavy (non-hydrogen) atoms. The summed E-state index contributed by atoms with van der Waals surface area (Å²) >= 11 is 6.54. The van der Waals surface area contributed by atoms with Crippen LogP contribution in [-0.4, -0.2) is 39.8 Å². The Morgan fingerprint density at radius 3 is 2.87 bits per heavy atom. The minimum absolute atomic E-state index is 0.176. The molecule has 0 bridgehead atoms. The molecule has 0 saturated carbocycles. The highest BCUT2D eigenvalue weighted by atomic mass is 35.5. The Kier molecular flexibility index (Phi) is 7.56. The van der Waals surface area contributed by atoms with E-state index in [0.717, 1.165) is 0 Å². The summed E-state index contributed by atoms with van der Waals surface area (Å²) in [7, 11) is 0. The van der Waals surface area contributed by atoms with Crippen molar-refractivity contribution in [2.75, 3.05) is 6.61 Å². The Morgan fingerprint density at radius 1 is 1.47 bits per heavy atom. The van der Waals surface area contributed by atoms with Gasteiger partial charge >= 0.3 is 0 Å². The number of alkyl halides is 2. The topological polar surface area (TPSA) is 54.6 Å². The molecule has 1 aliphatic heterocycles. The van der Waals surface area contributed by atoms with Crippen molar-refractivity contribution < 1.29 is 23.7 Å². The molecule has 2 aliphatic rings. The number of nitrogens with zero attached hydrogens (tertiary/aromatic N) is 1. The highest BCUT2D eigenvalue weighted by Crippen LogP contribution is 2.45. The third-order valence-corrected chi connectivity index (χ3v) is 6.31. The van der Waals surface area contributed by atoms with Gasteiger partial charge in [-0.2, -0.15) is 0 Å². The van der Waals surface area contributed by atoms with Gasteiger partial charge in [-0.25, -0.2) is 8.78 Å². The fourth-order valence-corrected chi connectivity index (χ4v) is 4.52. The summed E-state index contributed by atoms with van der Waals surface area (Å²) in [6, 6.07) is 0. The third kappa shape index (κ3) is 4.88. The monoisotopic (exact) mass is 441 g/mol. The first-order valence-electron chi connectivity index (χ1n) is 10.4. The molecular weight excluding hydrogens is 412 g/mol. The first-order valence-corrected chi connectivity index (χ1v) is 10.8. The van der Waals surface area contributed by atoms with Gasteiger partial charge in [0.05, 0.1) is 30.3 Å². The van der Waals surface area contributed by atoms with Crippen LogP contribution in [0.5, 0.6) is 0 Å². The zero-order chi connectivity index (χ0) is 22.0. The summed E-state index contributed by atoms with van der Waals surface area (Å²) in [5, 5.41) is 19.2. The molecule has 1 aromatic heterocycles. The van der Waals surface area contributed by atoms with Crippen molar-refractivity contribution in [3.8, 4) is 0 Å². The first kappa shape index (κ1) is 23.2. The number of aliphatic hydroxyl groups excluding tert-OH is 2. The lowest BCUT2D eigenvalue weighted by Gasteiger charge is -2.32. The maximum Gasteiger partial charge on any atom is 0.128 e. The number of aromatic nitrogens is 1. The zero-order valence-electron chi connectivity index (χ0n) is 17.5. The molecule has 1 fully saturated rings. The fraction of sp³-hybridized carbons (Fsp3) is 0.565. The Morgan fingerprint density at radius 2 is 2.20 bits per heavy atom. The van der Waals surface area contributed by atoms with Crippen LogP contribution in [0.3, 0.4) is 0 Å². The third-order valence-electron chi connectivity index (χ3n) is 5.93. The Bertz CT molecular complexity index is 848. The summed E-state index contributed by atoms with van der Waals surface area (Å²) in [6.07, 6.45) is 3.32. The molecule has 1 aliphatic carbocycles. The van der Waals surface area contributed by atoms with Crippen molar-refractivity contribution in [3.05, 3.63) is 52.9 Å². The van der Waals surface area contributed by atoms with Crippen LogP contribution in [0.25, 0.3) is 5.83 Å². The van der Waals surface area contributed by atoms with Crippen LogP contribution in [0.1, 0.15) is 67.8 Å². The Labute approximate surface area is 181 Å². The Hall–Kier alpha value is -1.47. The summed E-state index contributed by atoms with van der Waals surface area (Å²) in [4.78, 5) is 0. The second-order valence-corrected chi connectivity index (χ2v) is 8.76. The van der Waals surface area contributed by atoms with Gasteiger partial charge < -0.3 is 19.5 Å². The fourth-order valence-electron chi connectivity index (χ4n) is 4.19. The van der Waals surface area contributed by atoms with Gasteiger partial charge in [-0.3, -0.25) is 0 Å². The van der Waals surface area contributed by atoms with Crippen molar-refractivity contribution in [2.45, 2.75) is 75.9 Å². The van der Waals surface area contributed by atoms with Gasteiger partial charge in [0.15, 0.2) is 0 Å². The van der Waals surface area contributed by atoms with Crippen LogP contribution >= 0.6 is 11.6 Å². The van der Waals surface area contributed by atoms with Gasteiger partial charge in [-0.05, 0) is 31.9 Å². The van der Waals surface area contributed by atoms with E-state index in [0.29, 0.717) is 53.8 Å². The van der Waals surface area contributed by atoms with Gasteiger partial charge in [0.2, 0.25) is 0 Å². The van der Waals surface area contributed by atoms with E-state index in [1.165, 1.54) is 6.08 Å². The maximum absolute atomic E-state index is 14.9. The molecule has 1 saturated heterocycles. The molecule has 0 radical (unpaired) electrons. The predicted molar refractivity (Wildman–Crippen MR) is 115 cm³/mol. The minimum atomic E-state index is -1.11. The number of rotatable bonds is 7. The maximum atomic E-state index is 14.9. The van der Waals surface area contributed by atoms with Crippen LogP contribution < -0.4 is 0 Å². The smallest absolute Gasteiger partial charge is 0.128 e. The number of hydrogen-bond acceptors (Lipinski definition) is 3. The molecule has 0 aromatic carbocycles. The van der Waals surface area contributed by atoms with E-state index in [9.17, 15) is 19.0 Å². The van der Waals surface area contributed by atoms with Crippen molar-refractivity contribution in [3.63, 3.8) is 0 Å². The minimum Gasteiger partial charge on any atom is -0.394 e.